The molecular weight excluding hydrogens is 234 g/mol. The summed E-state index contributed by atoms with van der Waals surface area (Å²) in [6, 6.07) is 3.66. The van der Waals surface area contributed by atoms with Crippen LogP contribution in [-0.4, -0.2) is 14.6 Å². The average Bonchev–Trinajstić information content (AvgIpc) is 2.45. The van der Waals surface area contributed by atoms with Gasteiger partial charge < -0.3 is 5.73 Å². The van der Waals surface area contributed by atoms with Crippen molar-refractivity contribution in [3.63, 3.8) is 0 Å². The maximum Gasteiger partial charge on any atom is 0.151 e. The molecule has 0 spiro atoms. The summed E-state index contributed by atoms with van der Waals surface area (Å²) < 4.78 is 2.13. The Morgan fingerprint density at radius 3 is 3.00 bits per heavy atom. The molecule has 0 aliphatic rings. The second-order valence-corrected chi connectivity index (χ2v) is 3.15. The number of hydrogen-bond acceptors (Lipinski definition) is 4. The van der Waals surface area contributed by atoms with E-state index in [-0.39, 0.29) is 0 Å². The Hall–Kier alpha value is -1.61. The summed E-state index contributed by atoms with van der Waals surface area (Å²) in [5.41, 5.74) is 6.71. The van der Waals surface area contributed by atoms with Crippen LogP contribution in [0.25, 0.3) is 5.52 Å². The Kier molecular flexibility index (Phi) is 1.67. The van der Waals surface area contributed by atoms with Gasteiger partial charge in [0.05, 0.1) is 5.56 Å². The Labute approximate surface area is 81.9 Å². The normalized spacial score (nSPS) is 10.2. The van der Waals surface area contributed by atoms with Gasteiger partial charge in [-0.3, -0.25) is 0 Å². The summed E-state index contributed by atoms with van der Waals surface area (Å²) in [5, 5.41) is 12.7. The van der Waals surface area contributed by atoms with Crippen molar-refractivity contribution in [3.05, 3.63) is 22.6 Å². The highest BCUT2D eigenvalue weighted by molar-refractivity contribution is 9.10. The van der Waals surface area contributed by atoms with Crippen LogP contribution in [-0.2, 0) is 0 Å². The van der Waals surface area contributed by atoms with Gasteiger partial charge in [0.1, 0.15) is 22.5 Å². The van der Waals surface area contributed by atoms with E-state index in [1.165, 1.54) is 10.8 Å². The number of halogens is 1. The van der Waals surface area contributed by atoms with Gasteiger partial charge in [-0.15, -0.1) is 0 Å². The highest BCUT2D eigenvalue weighted by atomic mass is 79.9. The highest BCUT2D eigenvalue weighted by Gasteiger charge is 2.09. The number of nitrogen functional groups attached to an aromatic ring is 1. The zero-order valence-corrected chi connectivity index (χ0v) is 7.98. The molecule has 5 nitrogen and oxygen atoms in total. The molecule has 2 heterocycles. The molecule has 2 aromatic rings. The maximum atomic E-state index is 8.73. The van der Waals surface area contributed by atoms with Gasteiger partial charge in [0.25, 0.3) is 0 Å². The van der Waals surface area contributed by atoms with Gasteiger partial charge in [-0.1, -0.05) is 0 Å². The molecule has 0 unspecified atom stereocenters. The van der Waals surface area contributed by atoms with E-state index in [0.717, 1.165) is 0 Å². The van der Waals surface area contributed by atoms with E-state index in [4.69, 9.17) is 11.0 Å². The second kappa shape index (κ2) is 2.71. The molecule has 13 heavy (non-hydrogen) atoms. The monoisotopic (exact) mass is 237 g/mol. The van der Waals surface area contributed by atoms with Crippen molar-refractivity contribution < 1.29 is 0 Å². The molecule has 0 bridgehead atoms. The van der Waals surface area contributed by atoms with Crippen molar-refractivity contribution >= 4 is 27.3 Å². The van der Waals surface area contributed by atoms with Crippen LogP contribution in [0.2, 0.25) is 0 Å². The molecule has 0 saturated heterocycles. The second-order valence-electron chi connectivity index (χ2n) is 2.40. The van der Waals surface area contributed by atoms with Gasteiger partial charge in [-0.2, -0.15) is 10.4 Å². The predicted molar refractivity (Wildman–Crippen MR) is 49.8 cm³/mol. The average molecular weight is 238 g/mol. The molecule has 6 heteroatoms. The van der Waals surface area contributed by atoms with E-state index in [2.05, 4.69) is 26.0 Å². The number of fused-ring (bicyclic) bond motifs is 1. The fourth-order valence-electron chi connectivity index (χ4n) is 1.06. The molecule has 2 aromatic heterocycles. The van der Waals surface area contributed by atoms with E-state index in [9.17, 15) is 0 Å². The van der Waals surface area contributed by atoms with E-state index in [0.29, 0.717) is 21.5 Å². The zero-order valence-electron chi connectivity index (χ0n) is 6.40. The molecule has 0 aliphatic heterocycles. The fourth-order valence-corrected chi connectivity index (χ4v) is 1.54. The molecule has 2 N–H and O–H groups in total. The molecule has 0 fully saturated rings. The topological polar surface area (TPSA) is 80.0 Å². The number of anilines is 1. The number of nitrogens with two attached hydrogens (primary N) is 1. The van der Waals surface area contributed by atoms with Crippen molar-refractivity contribution in [1.82, 2.24) is 14.6 Å². The third-order valence-corrected chi connectivity index (χ3v) is 2.43. The molecule has 2 rings (SSSR count). The number of rotatable bonds is 0. The summed E-state index contributed by atoms with van der Waals surface area (Å²) in [6.45, 7) is 0. The Morgan fingerprint density at radius 2 is 2.38 bits per heavy atom. The Morgan fingerprint density at radius 1 is 1.62 bits per heavy atom. The van der Waals surface area contributed by atoms with E-state index in [1.54, 1.807) is 6.07 Å². The van der Waals surface area contributed by atoms with Crippen molar-refractivity contribution in [3.8, 4) is 6.07 Å². The van der Waals surface area contributed by atoms with Gasteiger partial charge in [0, 0.05) is 0 Å². The summed E-state index contributed by atoms with van der Waals surface area (Å²) in [4.78, 5) is 3.81. The van der Waals surface area contributed by atoms with Crippen LogP contribution in [0, 0.1) is 11.3 Å². The number of aromatic nitrogens is 3. The Balaban J connectivity index is 2.94. The lowest BCUT2D eigenvalue weighted by Gasteiger charge is -1.95. The van der Waals surface area contributed by atoms with Crippen LogP contribution in [0.5, 0.6) is 0 Å². The standard InChI is InChI=1S/C7H4BrN5/c8-6-4(2-9)1-5-7(10)11-3-12-13(5)6/h1,3H,(H2,10,11,12). The molecular formula is C7H4BrN5. The van der Waals surface area contributed by atoms with Crippen molar-refractivity contribution in [2.75, 3.05) is 5.73 Å². The van der Waals surface area contributed by atoms with Crippen LogP contribution in [0.4, 0.5) is 5.82 Å². The molecule has 0 saturated carbocycles. The van der Waals surface area contributed by atoms with E-state index in [1.807, 2.05) is 6.07 Å². The quantitative estimate of drug-likeness (QED) is 0.740. The van der Waals surface area contributed by atoms with E-state index >= 15 is 0 Å². The van der Waals surface area contributed by atoms with Crippen LogP contribution >= 0.6 is 15.9 Å². The van der Waals surface area contributed by atoms with Crippen LogP contribution in [0.15, 0.2) is 17.0 Å². The van der Waals surface area contributed by atoms with Gasteiger partial charge >= 0.3 is 0 Å². The number of nitrogens with zero attached hydrogens (tertiary/aromatic N) is 4. The summed E-state index contributed by atoms with van der Waals surface area (Å²) in [5.74, 6) is 0.359. The van der Waals surface area contributed by atoms with Crippen LogP contribution in [0.1, 0.15) is 5.56 Å². The van der Waals surface area contributed by atoms with Crippen LogP contribution in [0.3, 0.4) is 0 Å². The zero-order chi connectivity index (χ0) is 9.42. The molecule has 0 radical (unpaired) electrons. The van der Waals surface area contributed by atoms with E-state index < -0.39 is 0 Å². The first-order valence-corrected chi connectivity index (χ1v) is 4.21. The molecule has 0 aromatic carbocycles. The van der Waals surface area contributed by atoms with Crippen LogP contribution < -0.4 is 5.73 Å². The van der Waals surface area contributed by atoms with Gasteiger partial charge in [-0.05, 0) is 22.0 Å². The molecule has 64 valence electrons. The summed E-state index contributed by atoms with van der Waals surface area (Å²) in [6.07, 6.45) is 1.34. The van der Waals surface area contributed by atoms with Gasteiger partial charge in [0.2, 0.25) is 0 Å². The summed E-state index contributed by atoms with van der Waals surface area (Å²) in [7, 11) is 0. The minimum absolute atomic E-state index is 0.359. The third kappa shape index (κ3) is 1.05. The lowest BCUT2D eigenvalue weighted by molar-refractivity contribution is 0.888. The van der Waals surface area contributed by atoms with Gasteiger partial charge in [0.15, 0.2) is 5.82 Å². The predicted octanol–water partition coefficient (Wildman–Crippen LogP) is 0.946. The molecule has 0 atom stereocenters. The minimum Gasteiger partial charge on any atom is -0.382 e. The number of nitriles is 1. The lowest BCUT2D eigenvalue weighted by atomic mass is 10.3. The maximum absolute atomic E-state index is 8.73. The Bertz CT molecular complexity index is 509. The van der Waals surface area contributed by atoms with Crippen molar-refractivity contribution in [1.29, 1.82) is 5.26 Å². The fraction of sp³-hybridized carbons (Fsp3) is 0. The smallest absolute Gasteiger partial charge is 0.151 e. The first-order chi connectivity index (χ1) is 6.24. The summed E-state index contributed by atoms with van der Waals surface area (Å²) >= 11 is 3.24. The third-order valence-electron chi connectivity index (χ3n) is 1.66. The van der Waals surface area contributed by atoms with Crippen molar-refractivity contribution in [2.24, 2.45) is 0 Å². The minimum atomic E-state index is 0.359. The van der Waals surface area contributed by atoms with Crippen molar-refractivity contribution in [2.45, 2.75) is 0 Å². The highest BCUT2D eigenvalue weighted by Crippen LogP contribution is 2.22. The molecule has 0 aliphatic carbocycles. The SMILES string of the molecule is N#Cc1cc2c(N)ncnn2c1Br. The van der Waals surface area contributed by atoms with Gasteiger partial charge in [-0.25, -0.2) is 9.50 Å². The number of hydrogen-bond donors (Lipinski definition) is 1. The largest absolute Gasteiger partial charge is 0.382 e. The first-order valence-electron chi connectivity index (χ1n) is 3.42. The molecule has 0 amide bonds. The lowest BCUT2D eigenvalue weighted by Crippen LogP contribution is -1.98. The first kappa shape index (κ1) is 8.01.